The van der Waals surface area contributed by atoms with Gasteiger partial charge in [-0.15, -0.1) is 11.3 Å². The van der Waals surface area contributed by atoms with Crippen molar-refractivity contribution in [1.29, 1.82) is 0 Å². The van der Waals surface area contributed by atoms with Crippen molar-refractivity contribution in [2.75, 3.05) is 6.54 Å². The Labute approximate surface area is 118 Å². The molecule has 0 saturated heterocycles. The molecule has 19 heavy (non-hydrogen) atoms. The van der Waals surface area contributed by atoms with Crippen molar-refractivity contribution in [3.8, 4) is 5.75 Å². The molecule has 2 rings (SSSR count). The highest BCUT2D eigenvalue weighted by Crippen LogP contribution is 2.21. The lowest BCUT2D eigenvalue weighted by Gasteiger charge is -2.08. The Kier molecular flexibility index (Phi) is 4.93. The zero-order valence-electron chi connectivity index (χ0n) is 11.7. The summed E-state index contributed by atoms with van der Waals surface area (Å²) >= 11 is 1.70. The van der Waals surface area contributed by atoms with Crippen LogP contribution in [0.3, 0.4) is 0 Å². The van der Waals surface area contributed by atoms with Crippen LogP contribution in [0.2, 0.25) is 0 Å². The van der Waals surface area contributed by atoms with Crippen LogP contribution in [-0.4, -0.2) is 11.5 Å². The first-order chi connectivity index (χ1) is 9.19. The molecule has 1 aromatic carbocycles. The van der Waals surface area contributed by atoms with E-state index in [4.69, 9.17) is 4.74 Å². The van der Waals surface area contributed by atoms with Crippen molar-refractivity contribution < 1.29 is 4.74 Å². The lowest BCUT2D eigenvalue weighted by Crippen LogP contribution is -2.10. The molecule has 0 bridgehead atoms. The van der Waals surface area contributed by atoms with E-state index >= 15 is 0 Å². The van der Waals surface area contributed by atoms with E-state index in [0.29, 0.717) is 6.61 Å². The summed E-state index contributed by atoms with van der Waals surface area (Å²) in [6, 6.07) is 6.26. The Balaban J connectivity index is 1.94. The molecular weight excluding hydrogens is 256 g/mol. The van der Waals surface area contributed by atoms with Gasteiger partial charge in [0.05, 0.1) is 0 Å². The zero-order chi connectivity index (χ0) is 13.7. The quantitative estimate of drug-likeness (QED) is 0.877. The molecule has 0 atom stereocenters. The molecule has 3 nitrogen and oxygen atoms in total. The molecule has 1 aromatic heterocycles. The van der Waals surface area contributed by atoms with Gasteiger partial charge in [-0.3, -0.25) is 0 Å². The number of nitrogens with zero attached hydrogens (tertiary/aromatic N) is 1. The minimum absolute atomic E-state index is 0.543. The van der Waals surface area contributed by atoms with Crippen LogP contribution < -0.4 is 10.1 Å². The van der Waals surface area contributed by atoms with Gasteiger partial charge in [0.1, 0.15) is 17.4 Å². The number of hydrogen-bond acceptors (Lipinski definition) is 4. The molecule has 0 amide bonds. The van der Waals surface area contributed by atoms with E-state index in [-0.39, 0.29) is 0 Å². The van der Waals surface area contributed by atoms with Crippen molar-refractivity contribution in [3.63, 3.8) is 0 Å². The van der Waals surface area contributed by atoms with Crippen molar-refractivity contribution in [2.24, 2.45) is 0 Å². The van der Waals surface area contributed by atoms with Gasteiger partial charge in [0.2, 0.25) is 0 Å². The molecule has 0 fully saturated rings. The molecule has 0 aliphatic heterocycles. The first kappa shape index (κ1) is 14.0. The Morgan fingerprint density at radius 3 is 2.95 bits per heavy atom. The van der Waals surface area contributed by atoms with E-state index in [9.17, 15) is 0 Å². The van der Waals surface area contributed by atoms with E-state index in [2.05, 4.69) is 49.3 Å². The Morgan fingerprint density at radius 1 is 1.32 bits per heavy atom. The van der Waals surface area contributed by atoms with Crippen LogP contribution in [0, 0.1) is 13.8 Å². The number of nitrogens with one attached hydrogen (secondary N) is 1. The molecule has 0 aliphatic carbocycles. The molecule has 102 valence electrons. The van der Waals surface area contributed by atoms with Gasteiger partial charge in [-0.2, -0.15) is 0 Å². The van der Waals surface area contributed by atoms with Gasteiger partial charge < -0.3 is 10.1 Å². The van der Waals surface area contributed by atoms with Gasteiger partial charge in [-0.1, -0.05) is 19.1 Å². The lowest BCUT2D eigenvalue weighted by atomic mass is 10.1. The van der Waals surface area contributed by atoms with E-state index in [1.54, 1.807) is 11.3 Å². The number of aryl methyl sites for hydroxylation is 2. The van der Waals surface area contributed by atoms with E-state index < -0.39 is 0 Å². The predicted octanol–water partition coefficient (Wildman–Crippen LogP) is 3.45. The van der Waals surface area contributed by atoms with E-state index in [0.717, 1.165) is 29.4 Å². The smallest absolute Gasteiger partial charge is 0.140 e. The van der Waals surface area contributed by atoms with Crippen molar-refractivity contribution in [2.45, 2.75) is 33.9 Å². The molecular formula is C15H20N2OS. The summed E-state index contributed by atoms with van der Waals surface area (Å²) in [5.41, 5.74) is 2.38. The van der Waals surface area contributed by atoms with Crippen LogP contribution >= 0.6 is 11.3 Å². The predicted molar refractivity (Wildman–Crippen MR) is 79.7 cm³/mol. The van der Waals surface area contributed by atoms with Crippen LogP contribution in [0.5, 0.6) is 5.75 Å². The average Bonchev–Trinajstić information content (AvgIpc) is 2.85. The van der Waals surface area contributed by atoms with Gasteiger partial charge >= 0.3 is 0 Å². The maximum absolute atomic E-state index is 5.85. The first-order valence-electron chi connectivity index (χ1n) is 6.53. The number of rotatable bonds is 6. The van der Waals surface area contributed by atoms with Gasteiger partial charge in [-0.05, 0) is 37.6 Å². The molecule has 4 heteroatoms. The monoisotopic (exact) mass is 276 g/mol. The normalized spacial score (nSPS) is 10.7. The summed E-state index contributed by atoms with van der Waals surface area (Å²) in [7, 11) is 0. The SMILES string of the molecule is CCNCc1cnc(COc2cc(C)ccc2C)s1. The second kappa shape index (κ2) is 6.68. The third-order valence-electron chi connectivity index (χ3n) is 2.85. The van der Waals surface area contributed by atoms with Gasteiger partial charge in [0, 0.05) is 17.6 Å². The first-order valence-corrected chi connectivity index (χ1v) is 7.35. The fourth-order valence-electron chi connectivity index (χ4n) is 1.75. The molecule has 0 saturated carbocycles. The summed E-state index contributed by atoms with van der Waals surface area (Å²) in [5, 5.41) is 4.32. The third-order valence-corrected chi connectivity index (χ3v) is 3.82. The van der Waals surface area contributed by atoms with Crippen LogP contribution in [-0.2, 0) is 13.2 Å². The molecule has 1 heterocycles. The topological polar surface area (TPSA) is 34.2 Å². The second-order valence-corrected chi connectivity index (χ2v) is 5.76. The number of aromatic nitrogens is 1. The number of ether oxygens (including phenoxy) is 1. The highest BCUT2D eigenvalue weighted by atomic mass is 32.1. The fraction of sp³-hybridized carbons (Fsp3) is 0.400. The summed E-state index contributed by atoms with van der Waals surface area (Å²) in [6.45, 7) is 8.65. The number of thiazole rings is 1. The molecule has 0 spiro atoms. The number of hydrogen-bond donors (Lipinski definition) is 1. The Morgan fingerprint density at radius 2 is 2.16 bits per heavy atom. The highest BCUT2D eigenvalue weighted by molar-refractivity contribution is 7.11. The van der Waals surface area contributed by atoms with Gasteiger partial charge in [0.25, 0.3) is 0 Å². The maximum Gasteiger partial charge on any atom is 0.140 e. The van der Waals surface area contributed by atoms with E-state index in [1.165, 1.54) is 10.4 Å². The summed E-state index contributed by atoms with van der Waals surface area (Å²) < 4.78 is 5.85. The van der Waals surface area contributed by atoms with Crippen molar-refractivity contribution in [3.05, 3.63) is 45.4 Å². The highest BCUT2D eigenvalue weighted by Gasteiger charge is 2.04. The summed E-state index contributed by atoms with van der Waals surface area (Å²) in [6.07, 6.45) is 1.93. The van der Waals surface area contributed by atoms with E-state index in [1.807, 2.05) is 6.20 Å². The minimum atomic E-state index is 0.543. The molecule has 1 N–H and O–H groups in total. The Bertz CT molecular complexity index is 537. The summed E-state index contributed by atoms with van der Waals surface area (Å²) in [4.78, 5) is 5.64. The molecule has 0 radical (unpaired) electrons. The molecule has 0 aliphatic rings. The van der Waals surface area contributed by atoms with Crippen molar-refractivity contribution >= 4 is 11.3 Å². The lowest BCUT2D eigenvalue weighted by molar-refractivity contribution is 0.303. The zero-order valence-corrected chi connectivity index (χ0v) is 12.5. The molecule has 0 unspecified atom stereocenters. The number of benzene rings is 1. The molecule has 2 aromatic rings. The van der Waals surface area contributed by atoms with Gasteiger partial charge in [0.15, 0.2) is 0 Å². The standard InChI is InChI=1S/C15H20N2OS/c1-4-16-8-13-9-17-15(19-13)10-18-14-7-11(2)5-6-12(14)3/h5-7,9,16H,4,8,10H2,1-3H3. The second-order valence-electron chi connectivity index (χ2n) is 4.56. The Hall–Kier alpha value is -1.39. The average molecular weight is 276 g/mol. The third kappa shape index (κ3) is 4.04. The fourth-order valence-corrected chi connectivity index (χ4v) is 2.55. The minimum Gasteiger partial charge on any atom is -0.486 e. The van der Waals surface area contributed by atoms with Crippen LogP contribution in [0.15, 0.2) is 24.4 Å². The van der Waals surface area contributed by atoms with Crippen molar-refractivity contribution in [1.82, 2.24) is 10.3 Å². The van der Waals surface area contributed by atoms with Gasteiger partial charge in [-0.25, -0.2) is 4.98 Å². The largest absolute Gasteiger partial charge is 0.486 e. The van der Waals surface area contributed by atoms with Crippen LogP contribution in [0.25, 0.3) is 0 Å². The van der Waals surface area contributed by atoms with Crippen LogP contribution in [0.4, 0.5) is 0 Å². The summed E-state index contributed by atoms with van der Waals surface area (Å²) in [5.74, 6) is 0.948. The van der Waals surface area contributed by atoms with Crippen LogP contribution in [0.1, 0.15) is 27.9 Å². The maximum atomic E-state index is 5.85.